The van der Waals surface area contributed by atoms with Gasteiger partial charge in [0, 0.05) is 18.1 Å². The minimum absolute atomic E-state index is 0.00907. The van der Waals surface area contributed by atoms with Crippen LogP contribution in [0.25, 0.3) is 0 Å². The lowest BCUT2D eigenvalue weighted by Crippen LogP contribution is -2.32. The lowest BCUT2D eigenvalue weighted by Gasteiger charge is -2.28. The first-order valence-electron chi connectivity index (χ1n) is 5.66. The van der Waals surface area contributed by atoms with E-state index < -0.39 is 0 Å². The van der Waals surface area contributed by atoms with Crippen molar-refractivity contribution in [2.45, 2.75) is 26.2 Å². The number of fused-ring (bicyclic) bond motifs is 1. The van der Waals surface area contributed by atoms with Gasteiger partial charge in [-0.15, -0.1) is 0 Å². The van der Waals surface area contributed by atoms with Crippen LogP contribution in [0.4, 0.5) is 0 Å². The van der Waals surface area contributed by atoms with E-state index in [0.29, 0.717) is 19.1 Å². The Bertz CT molecular complexity index is 307. The van der Waals surface area contributed by atoms with E-state index in [2.05, 4.69) is 17.1 Å². The largest absolute Gasteiger partial charge is 0.466 e. The van der Waals surface area contributed by atoms with Crippen molar-refractivity contribution in [1.29, 1.82) is 0 Å². The summed E-state index contributed by atoms with van der Waals surface area (Å²) in [6.45, 7) is 2.94. The van der Waals surface area contributed by atoms with Crippen molar-refractivity contribution in [1.82, 2.24) is 0 Å². The van der Waals surface area contributed by atoms with Crippen molar-refractivity contribution in [2.75, 3.05) is 13.2 Å². The number of ether oxygens (including phenoxy) is 1. The van der Waals surface area contributed by atoms with Crippen LogP contribution < -0.4 is 0 Å². The second kappa shape index (κ2) is 4.60. The molecule has 1 aliphatic carbocycles. The van der Waals surface area contributed by atoms with Gasteiger partial charge in [0.1, 0.15) is 0 Å². The first-order valence-corrected chi connectivity index (χ1v) is 5.66. The van der Waals surface area contributed by atoms with E-state index in [1.807, 2.05) is 6.92 Å². The summed E-state index contributed by atoms with van der Waals surface area (Å²) < 4.78 is 5.03. The molecule has 2 aliphatic rings. The maximum atomic E-state index is 11.6. The molecule has 1 heterocycles. The highest BCUT2D eigenvalue weighted by atomic mass is 16.5. The van der Waals surface area contributed by atoms with E-state index in [1.165, 1.54) is 5.71 Å². The highest BCUT2D eigenvalue weighted by Gasteiger charge is 2.30. The van der Waals surface area contributed by atoms with E-state index in [1.54, 1.807) is 0 Å². The van der Waals surface area contributed by atoms with Gasteiger partial charge in [0.2, 0.25) is 0 Å². The molecule has 3 nitrogen and oxygen atoms in total. The van der Waals surface area contributed by atoms with Gasteiger partial charge in [0.05, 0.1) is 19.1 Å². The maximum absolute atomic E-state index is 11.6. The Kier molecular flexibility index (Phi) is 3.19. The molecule has 0 bridgehead atoms. The molecule has 0 radical (unpaired) electrons. The summed E-state index contributed by atoms with van der Waals surface area (Å²) in [5, 5.41) is 0. The van der Waals surface area contributed by atoms with E-state index in [9.17, 15) is 4.79 Å². The predicted octanol–water partition coefficient (Wildman–Crippen LogP) is 1.98. The van der Waals surface area contributed by atoms with Crippen LogP contribution in [0, 0.1) is 11.8 Å². The average molecular weight is 207 g/mol. The first-order chi connectivity index (χ1) is 7.31. The number of allylic oxidation sites excluding steroid dienone is 2. The smallest absolute Gasteiger partial charge is 0.310 e. The molecule has 82 valence electrons. The molecule has 0 saturated carbocycles. The van der Waals surface area contributed by atoms with Gasteiger partial charge in [-0.1, -0.05) is 12.2 Å². The number of hydrogen-bond acceptors (Lipinski definition) is 3. The third-order valence-electron chi connectivity index (χ3n) is 3.09. The monoisotopic (exact) mass is 207 g/mol. The van der Waals surface area contributed by atoms with Crippen molar-refractivity contribution < 1.29 is 9.53 Å². The number of carbonyl (C=O) groups is 1. The molecule has 2 rings (SSSR count). The fourth-order valence-corrected chi connectivity index (χ4v) is 2.27. The molecule has 0 saturated heterocycles. The van der Waals surface area contributed by atoms with E-state index in [4.69, 9.17) is 4.74 Å². The molecule has 0 spiro atoms. The molecule has 3 heteroatoms. The van der Waals surface area contributed by atoms with Gasteiger partial charge < -0.3 is 4.74 Å². The van der Waals surface area contributed by atoms with Crippen molar-refractivity contribution in [3.05, 3.63) is 12.2 Å². The summed E-state index contributed by atoms with van der Waals surface area (Å²) in [5.41, 5.74) is 1.28. The van der Waals surface area contributed by atoms with Crippen LogP contribution in [0.3, 0.4) is 0 Å². The minimum atomic E-state index is -0.0742. The molecule has 15 heavy (non-hydrogen) atoms. The molecule has 2 atom stereocenters. The second-order valence-corrected chi connectivity index (χ2v) is 4.12. The predicted molar refractivity (Wildman–Crippen MR) is 58.9 cm³/mol. The Hall–Kier alpha value is -1.12. The zero-order valence-corrected chi connectivity index (χ0v) is 9.11. The van der Waals surface area contributed by atoms with Crippen LogP contribution in [0.5, 0.6) is 0 Å². The van der Waals surface area contributed by atoms with E-state index in [0.717, 1.165) is 19.3 Å². The molecule has 0 fully saturated rings. The molecule has 1 aliphatic heterocycles. The van der Waals surface area contributed by atoms with Gasteiger partial charge in [-0.3, -0.25) is 9.79 Å². The van der Waals surface area contributed by atoms with Crippen molar-refractivity contribution in [2.24, 2.45) is 16.8 Å². The zero-order chi connectivity index (χ0) is 10.7. The highest BCUT2D eigenvalue weighted by Crippen LogP contribution is 2.28. The Labute approximate surface area is 90.2 Å². The topological polar surface area (TPSA) is 38.7 Å². The molecular formula is C12H17NO2. The molecule has 0 aromatic rings. The Balaban J connectivity index is 1.99. The van der Waals surface area contributed by atoms with Gasteiger partial charge in [0.15, 0.2) is 0 Å². The number of hydrogen-bond donors (Lipinski definition) is 0. The standard InChI is InChI=1S/C12H17NO2/c1-2-15-12(14)10-7-9-5-3-4-6-11(9)13-8-10/h3-4,9-10H,2,5-8H2,1H3. The minimum Gasteiger partial charge on any atom is -0.466 e. The number of aliphatic imine (C=N–C) groups is 1. The molecule has 0 aromatic carbocycles. The second-order valence-electron chi connectivity index (χ2n) is 4.12. The number of carbonyl (C=O) groups excluding carboxylic acids is 1. The quantitative estimate of drug-likeness (QED) is 0.513. The van der Waals surface area contributed by atoms with Gasteiger partial charge in [-0.2, -0.15) is 0 Å². The van der Waals surface area contributed by atoms with Crippen LogP contribution in [-0.4, -0.2) is 24.8 Å². The summed E-state index contributed by atoms with van der Waals surface area (Å²) in [5.74, 6) is 0.401. The normalized spacial score (nSPS) is 29.3. The lowest BCUT2D eigenvalue weighted by molar-refractivity contribution is -0.148. The van der Waals surface area contributed by atoms with Crippen LogP contribution in [-0.2, 0) is 9.53 Å². The van der Waals surface area contributed by atoms with Crippen LogP contribution in [0.1, 0.15) is 26.2 Å². The Morgan fingerprint density at radius 2 is 2.47 bits per heavy atom. The van der Waals surface area contributed by atoms with E-state index in [-0.39, 0.29) is 11.9 Å². The highest BCUT2D eigenvalue weighted by molar-refractivity contribution is 5.90. The average Bonchev–Trinajstić information content (AvgIpc) is 2.29. The van der Waals surface area contributed by atoms with Crippen LogP contribution in [0.15, 0.2) is 17.1 Å². The zero-order valence-electron chi connectivity index (χ0n) is 9.11. The Morgan fingerprint density at radius 3 is 3.27 bits per heavy atom. The van der Waals surface area contributed by atoms with E-state index >= 15 is 0 Å². The third kappa shape index (κ3) is 2.28. The van der Waals surface area contributed by atoms with Gasteiger partial charge in [-0.25, -0.2) is 0 Å². The van der Waals surface area contributed by atoms with Gasteiger partial charge >= 0.3 is 5.97 Å². The van der Waals surface area contributed by atoms with Crippen LogP contribution in [0.2, 0.25) is 0 Å². The summed E-state index contributed by atoms with van der Waals surface area (Å²) in [6.07, 6.45) is 7.29. The fraction of sp³-hybridized carbons (Fsp3) is 0.667. The van der Waals surface area contributed by atoms with Gasteiger partial charge in [0.25, 0.3) is 0 Å². The molecule has 2 unspecified atom stereocenters. The fourth-order valence-electron chi connectivity index (χ4n) is 2.27. The van der Waals surface area contributed by atoms with Crippen molar-refractivity contribution >= 4 is 11.7 Å². The van der Waals surface area contributed by atoms with Crippen molar-refractivity contribution in [3.63, 3.8) is 0 Å². The molecular weight excluding hydrogens is 190 g/mol. The summed E-state index contributed by atoms with van der Waals surface area (Å²) in [6, 6.07) is 0. The maximum Gasteiger partial charge on any atom is 0.310 e. The van der Waals surface area contributed by atoms with Crippen molar-refractivity contribution in [3.8, 4) is 0 Å². The lowest BCUT2D eigenvalue weighted by atomic mass is 9.82. The number of nitrogens with zero attached hydrogens (tertiary/aromatic N) is 1. The molecule has 0 N–H and O–H groups in total. The number of rotatable bonds is 2. The molecule has 0 amide bonds. The Morgan fingerprint density at radius 1 is 1.60 bits per heavy atom. The third-order valence-corrected chi connectivity index (χ3v) is 3.09. The van der Waals surface area contributed by atoms with Crippen LogP contribution >= 0.6 is 0 Å². The summed E-state index contributed by atoms with van der Waals surface area (Å²) in [7, 11) is 0. The first kappa shape index (κ1) is 10.4. The SMILES string of the molecule is CCOC(=O)C1CN=C2CC=CCC2C1. The summed E-state index contributed by atoms with van der Waals surface area (Å²) >= 11 is 0. The number of esters is 1. The van der Waals surface area contributed by atoms with Gasteiger partial charge in [-0.05, 0) is 19.8 Å². The summed E-state index contributed by atoms with van der Waals surface area (Å²) in [4.78, 5) is 16.1. The molecule has 0 aromatic heterocycles.